The monoisotopic (exact) mass is 516 g/mol. The van der Waals surface area contributed by atoms with Gasteiger partial charge in [-0.3, -0.25) is 0 Å². The van der Waals surface area contributed by atoms with Crippen LogP contribution in [-0.4, -0.2) is 51.4 Å². The van der Waals surface area contributed by atoms with E-state index in [-0.39, 0.29) is 30.0 Å². The van der Waals surface area contributed by atoms with Crippen molar-refractivity contribution in [3.63, 3.8) is 0 Å². The normalized spacial score (nSPS) is 16.6. The number of aliphatic imine (C=N–C) groups is 1. The van der Waals surface area contributed by atoms with Gasteiger partial charge < -0.3 is 20.1 Å². The van der Waals surface area contributed by atoms with Gasteiger partial charge >= 0.3 is 0 Å². The third-order valence-electron chi connectivity index (χ3n) is 4.54. The van der Waals surface area contributed by atoms with E-state index in [0.29, 0.717) is 18.1 Å². The van der Waals surface area contributed by atoms with E-state index in [4.69, 9.17) is 11.6 Å². The molecule has 1 saturated heterocycles. The summed E-state index contributed by atoms with van der Waals surface area (Å²) in [6, 6.07) is 3.96. The number of hydrogen-bond donors (Lipinski definition) is 2. The largest absolute Gasteiger partial charge is 0.353 e. The predicted octanol–water partition coefficient (Wildman–Crippen LogP) is 2.29. The number of hydrogen-bond acceptors (Lipinski definition) is 5. The maximum Gasteiger partial charge on any atom is 0.192 e. The third kappa shape index (κ3) is 5.57. The first-order valence-electron chi connectivity index (χ1n) is 8.94. The zero-order valence-electron chi connectivity index (χ0n) is 16.1. The van der Waals surface area contributed by atoms with E-state index in [9.17, 15) is 0 Å². The van der Waals surface area contributed by atoms with Crippen molar-refractivity contribution in [2.75, 3.05) is 24.5 Å². The number of rotatable bonds is 6. The number of guanidine groups is 1. The molecule has 8 nitrogen and oxygen atoms in total. The van der Waals surface area contributed by atoms with Crippen molar-refractivity contribution in [1.29, 1.82) is 0 Å². The molecule has 1 aliphatic rings. The molecule has 1 unspecified atom stereocenters. The Kier molecular flexibility index (Phi) is 8.49. The number of aryl methyl sites for hydroxylation is 1. The minimum Gasteiger partial charge on any atom is -0.353 e. The Bertz CT molecular complexity index is 822. The number of aromatic nitrogens is 4. The third-order valence-corrected chi connectivity index (χ3v) is 4.84. The van der Waals surface area contributed by atoms with Gasteiger partial charge in [-0.05, 0) is 25.5 Å². The van der Waals surface area contributed by atoms with Gasteiger partial charge in [0.15, 0.2) is 11.8 Å². The lowest BCUT2D eigenvalue weighted by Gasteiger charge is -2.20. The molecule has 3 heterocycles. The molecule has 0 amide bonds. The van der Waals surface area contributed by atoms with Crippen LogP contribution in [0.25, 0.3) is 0 Å². The van der Waals surface area contributed by atoms with E-state index in [1.54, 1.807) is 12.3 Å². The van der Waals surface area contributed by atoms with Crippen LogP contribution in [0, 0.1) is 6.92 Å². The summed E-state index contributed by atoms with van der Waals surface area (Å²) in [5.74, 6) is 3.25. The SMILES string of the molecule is C=CCNC(=NCc1nnc(C)n1C)NC1CCN(c2ncccc2Cl)C1.I. The lowest BCUT2D eigenvalue weighted by molar-refractivity contribution is 0.648. The molecule has 152 valence electrons. The fourth-order valence-electron chi connectivity index (χ4n) is 2.93. The molecule has 0 spiro atoms. The van der Waals surface area contributed by atoms with Gasteiger partial charge in [0, 0.05) is 38.9 Å². The second kappa shape index (κ2) is 10.6. The summed E-state index contributed by atoms with van der Waals surface area (Å²) in [5.41, 5.74) is 0. The highest BCUT2D eigenvalue weighted by Gasteiger charge is 2.25. The van der Waals surface area contributed by atoms with E-state index in [1.807, 2.05) is 30.7 Å². The number of halogens is 2. The van der Waals surface area contributed by atoms with Crippen LogP contribution in [0.2, 0.25) is 5.02 Å². The molecule has 2 aromatic heterocycles. The highest BCUT2D eigenvalue weighted by atomic mass is 127. The van der Waals surface area contributed by atoms with Crippen LogP contribution in [0.5, 0.6) is 0 Å². The summed E-state index contributed by atoms with van der Waals surface area (Å²) in [6.45, 7) is 8.47. The molecule has 28 heavy (non-hydrogen) atoms. The zero-order valence-corrected chi connectivity index (χ0v) is 19.2. The maximum absolute atomic E-state index is 6.27. The summed E-state index contributed by atoms with van der Waals surface area (Å²) < 4.78 is 1.94. The quantitative estimate of drug-likeness (QED) is 0.265. The van der Waals surface area contributed by atoms with Crippen molar-refractivity contribution in [2.45, 2.75) is 25.9 Å². The molecule has 0 aromatic carbocycles. The highest BCUT2D eigenvalue weighted by molar-refractivity contribution is 14.0. The molecule has 0 saturated carbocycles. The van der Waals surface area contributed by atoms with Crippen molar-refractivity contribution < 1.29 is 0 Å². The Labute approximate surface area is 187 Å². The van der Waals surface area contributed by atoms with Crippen LogP contribution in [0.1, 0.15) is 18.1 Å². The summed E-state index contributed by atoms with van der Waals surface area (Å²) >= 11 is 6.27. The summed E-state index contributed by atoms with van der Waals surface area (Å²) in [6.07, 6.45) is 4.55. The molecular weight excluding hydrogens is 491 g/mol. The van der Waals surface area contributed by atoms with Crippen LogP contribution >= 0.6 is 35.6 Å². The molecule has 1 fully saturated rings. The summed E-state index contributed by atoms with van der Waals surface area (Å²) in [7, 11) is 1.94. The van der Waals surface area contributed by atoms with Crippen molar-refractivity contribution in [2.24, 2.45) is 12.0 Å². The van der Waals surface area contributed by atoms with Gasteiger partial charge in [0.25, 0.3) is 0 Å². The first-order chi connectivity index (χ1) is 13.1. The van der Waals surface area contributed by atoms with Gasteiger partial charge in [0.2, 0.25) is 0 Å². The topological polar surface area (TPSA) is 83.3 Å². The Morgan fingerprint density at radius 3 is 2.96 bits per heavy atom. The second-order valence-corrected chi connectivity index (χ2v) is 6.85. The van der Waals surface area contributed by atoms with E-state index >= 15 is 0 Å². The average molecular weight is 517 g/mol. The minimum absolute atomic E-state index is 0. The summed E-state index contributed by atoms with van der Waals surface area (Å²) in [4.78, 5) is 11.2. The lowest BCUT2D eigenvalue weighted by Crippen LogP contribution is -2.44. The van der Waals surface area contributed by atoms with Gasteiger partial charge in [-0.1, -0.05) is 17.7 Å². The van der Waals surface area contributed by atoms with Crippen molar-refractivity contribution >= 4 is 47.4 Å². The smallest absolute Gasteiger partial charge is 0.192 e. The molecule has 0 aliphatic carbocycles. The first-order valence-corrected chi connectivity index (χ1v) is 9.32. The fourth-order valence-corrected chi connectivity index (χ4v) is 3.17. The van der Waals surface area contributed by atoms with Crippen LogP contribution in [0.4, 0.5) is 5.82 Å². The number of pyridine rings is 1. The van der Waals surface area contributed by atoms with Crippen LogP contribution < -0.4 is 15.5 Å². The Morgan fingerprint density at radius 2 is 2.29 bits per heavy atom. The standard InChI is InChI=1S/C18H25ClN8.HI/c1-4-8-21-18(22-11-16-25-24-13(2)26(16)3)23-14-7-10-27(12-14)17-15(19)6-5-9-20-17;/h4-6,9,14H,1,7-8,10-12H2,2-3H3,(H2,21,22,23);1H. The Hall–Kier alpha value is -1.88. The molecule has 2 aromatic rings. The number of nitrogens with zero attached hydrogens (tertiary/aromatic N) is 6. The molecule has 1 atom stereocenters. The van der Waals surface area contributed by atoms with Gasteiger partial charge in [0.1, 0.15) is 18.2 Å². The highest BCUT2D eigenvalue weighted by Crippen LogP contribution is 2.25. The number of nitrogens with one attached hydrogen (secondary N) is 2. The molecule has 1 aliphatic heterocycles. The van der Waals surface area contributed by atoms with Crippen LogP contribution in [-0.2, 0) is 13.6 Å². The molecule has 10 heteroatoms. The van der Waals surface area contributed by atoms with Gasteiger partial charge in [-0.25, -0.2) is 9.98 Å². The van der Waals surface area contributed by atoms with Crippen molar-refractivity contribution in [3.8, 4) is 0 Å². The van der Waals surface area contributed by atoms with Crippen molar-refractivity contribution in [3.05, 3.63) is 47.7 Å². The molecular formula is C18H26ClIN8. The first kappa shape index (κ1) is 22.4. The Balaban J connectivity index is 0.00000280. The van der Waals surface area contributed by atoms with Crippen LogP contribution in [0.3, 0.4) is 0 Å². The molecule has 3 rings (SSSR count). The van der Waals surface area contributed by atoms with Crippen molar-refractivity contribution in [1.82, 2.24) is 30.4 Å². The molecule has 0 bridgehead atoms. The van der Waals surface area contributed by atoms with E-state index < -0.39 is 0 Å². The Morgan fingerprint density at radius 1 is 1.46 bits per heavy atom. The van der Waals surface area contributed by atoms with E-state index in [2.05, 4.69) is 42.3 Å². The van der Waals surface area contributed by atoms with E-state index in [0.717, 1.165) is 42.9 Å². The zero-order chi connectivity index (χ0) is 19.2. The number of anilines is 1. The van der Waals surface area contributed by atoms with Gasteiger partial charge in [-0.2, -0.15) is 0 Å². The fraction of sp³-hybridized carbons (Fsp3) is 0.444. The second-order valence-electron chi connectivity index (χ2n) is 6.44. The maximum atomic E-state index is 6.27. The molecule has 2 N–H and O–H groups in total. The van der Waals surface area contributed by atoms with Gasteiger partial charge in [0.05, 0.1) is 5.02 Å². The minimum atomic E-state index is 0. The lowest BCUT2D eigenvalue weighted by atomic mass is 10.3. The van der Waals surface area contributed by atoms with Gasteiger partial charge in [-0.15, -0.1) is 40.8 Å². The molecule has 0 radical (unpaired) electrons. The summed E-state index contributed by atoms with van der Waals surface area (Å²) in [5, 5.41) is 15.7. The average Bonchev–Trinajstić information content (AvgIpc) is 3.25. The predicted molar refractivity (Wildman–Crippen MR) is 123 cm³/mol. The van der Waals surface area contributed by atoms with Crippen LogP contribution in [0.15, 0.2) is 36.0 Å². The van der Waals surface area contributed by atoms with E-state index in [1.165, 1.54) is 0 Å².